The van der Waals surface area contributed by atoms with Crippen molar-refractivity contribution in [2.24, 2.45) is 0 Å². The molecule has 0 amide bonds. The number of aliphatic hydroxyl groups is 1. The standard InChI is InChI=1S/C11H21NO/c1-9-5-2-3-8-12(9)10-6-4-7-11(10)13/h9-11,13H,2-8H2,1H3/t9?,10-,11-/m1/s1. The molecule has 2 aliphatic rings. The summed E-state index contributed by atoms with van der Waals surface area (Å²) < 4.78 is 0. The Morgan fingerprint density at radius 3 is 2.54 bits per heavy atom. The van der Waals surface area contributed by atoms with Gasteiger partial charge in [-0.05, 0) is 45.6 Å². The number of hydrogen-bond acceptors (Lipinski definition) is 2. The van der Waals surface area contributed by atoms with Gasteiger partial charge in [-0.15, -0.1) is 0 Å². The molecule has 1 aliphatic heterocycles. The zero-order valence-corrected chi connectivity index (χ0v) is 8.58. The molecule has 1 unspecified atom stereocenters. The van der Waals surface area contributed by atoms with Gasteiger partial charge in [0.05, 0.1) is 6.10 Å². The Morgan fingerprint density at radius 1 is 1.08 bits per heavy atom. The molecule has 1 N–H and O–H groups in total. The van der Waals surface area contributed by atoms with E-state index in [1.165, 1.54) is 38.6 Å². The summed E-state index contributed by atoms with van der Waals surface area (Å²) in [6.07, 6.45) is 7.44. The minimum Gasteiger partial charge on any atom is -0.391 e. The van der Waals surface area contributed by atoms with Crippen LogP contribution in [0, 0.1) is 0 Å². The lowest BCUT2D eigenvalue weighted by Gasteiger charge is -2.39. The van der Waals surface area contributed by atoms with Crippen LogP contribution >= 0.6 is 0 Å². The van der Waals surface area contributed by atoms with Crippen molar-refractivity contribution in [3.63, 3.8) is 0 Å². The highest BCUT2D eigenvalue weighted by atomic mass is 16.3. The van der Waals surface area contributed by atoms with Crippen molar-refractivity contribution < 1.29 is 5.11 Å². The summed E-state index contributed by atoms with van der Waals surface area (Å²) in [6.45, 7) is 3.52. The fourth-order valence-electron chi connectivity index (χ4n) is 2.92. The maximum Gasteiger partial charge on any atom is 0.0695 e. The summed E-state index contributed by atoms with van der Waals surface area (Å²) in [4.78, 5) is 2.54. The predicted molar refractivity (Wildman–Crippen MR) is 53.7 cm³/mol. The second-order valence-electron chi connectivity index (χ2n) is 4.65. The van der Waals surface area contributed by atoms with Gasteiger partial charge in [-0.3, -0.25) is 4.90 Å². The van der Waals surface area contributed by atoms with Crippen LogP contribution in [0.1, 0.15) is 45.4 Å². The van der Waals surface area contributed by atoms with Gasteiger partial charge in [0, 0.05) is 12.1 Å². The second kappa shape index (κ2) is 3.97. The Morgan fingerprint density at radius 2 is 1.92 bits per heavy atom. The minimum absolute atomic E-state index is 0.0412. The van der Waals surface area contributed by atoms with E-state index in [0.29, 0.717) is 12.1 Å². The number of rotatable bonds is 1. The summed E-state index contributed by atoms with van der Waals surface area (Å²) >= 11 is 0. The summed E-state index contributed by atoms with van der Waals surface area (Å²) in [7, 11) is 0. The fourth-order valence-corrected chi connectivity index (χ4v) is 2.92. The second-order valence-corrected chi connectivity index (χ2v) is 4.65. The van der Waals surface area contributed by atoms with Crippen molar-refractivity contribution in [2.45, 2.75) is 63.6 Å². The minimum atomic E-state index is -0.0412. The third-order valence-corrected chi connectivity index (χ3v) is 3.72. The van der Waals surface area contributed by atoms with E-state index in [-0.39, 0.29) is 6.10 Å². The fraction of sp³-hybridized carbons (Fsp3) is 1.00. The van der Waals surface area contributed by atoms with Crippen LogP contribution in [-0.2, 0) is 0 Å². The highest BCUT2D eigenvalue weighted by Crippen LogP contribution is 2.29. The van der Waals surface area contributed by atoms with Crippen LogP contribution in [0.25, 0.3) is 0 Å². The monoisotopic (exact) mass is 183 g/mol. The zero-order valence-electron chi connectivity index (χ0n) is 8.58. The van der Waals surface area contributed by atoms with E-state index < -0.39 is 0 Å². The third-order valence-electron chi connectivity index (χ3n) is 3.72. The SMILES string of the molecule is CC1CCCCN1[C@@H]1CCC[C@H]1O. The van der Waals surface area contributed by atoms with E-state index in [0.717, 1.165) is 6.42 Å². The van der Waals surface area contributed by atoms with Gasteiger partial charge in [0.25, 0.3) is 0 Å². The quantitative estimate of drug-likeness (QED) is 0.670. The van der Waals surface area contributed by atoms with Crippen molar-refractivity contribution in [1.29, 1.82) is 0 Å². The first-order chi connectivity index (χ1) is 6.29. The van der Waals surface area contributed by atoms with Crippen LogP contribution in [0.4, 0.5) is 0 Å². The molecule has 2 fully saturated rings. The zero-order chi connectivity index (χ0) is 9.26. The molecule has 1 aliphatic carbocycles. The Hall–Kier alpha value is -0.0800. The van der Waals surface area contributed by atoms with Gasteiger partial charge < -0.3 is 5.11 Å². The molecule has 0 aromatic heterocycles. The van der Waals surface area contributed by atoms with E-state index >= 15 is 0 Å². The third kappa shape index (κ3) is 1.89. The summed E-state index contributed by atoms with van der Waals surface area (Å²) in [5, 5.41) is 9.82. The number of likely N-dealkylation sites (tertiary alicyclic amines) is 1. The Bertz CT molecular complexity index is 171. The largest absolute Gasteiger partial charge is 0.391 e. The summed E-state index contributed by atoms with van der Waals surface area (Å²) in [5.74, 6) is 0. The lowest BCUT2D eigenvalue weighted by atomic mass is 10.00. The van der Waals surface area contributed by atoms with E-state index in [1.807, 2.05) is 0 Å². The molecule has 76 valence electrons. The van der Waals surface area contributed by atoms with E-state index in [2.05, 4.69) is 11.8 Å². The van der Waals surface area contributed by atoms with Crippen molar-refractivity contribution in [3.05, 3.63) is 0 Å². The molecule has 13 heavy (non-hydrogen) atoms. The van der Waals surface area contributed by atoms with Crippen LogP contribution in [-0.4, -0.2) is 34.7 Å². The molecule has 1 saturated heterocycles. The molecule has 0 bridgehead atoms. The van der Waals surface area contributed by atoms with Crippen LogP contribution < -0.4 is 0 Å². The van der Waals surface area contributed by atoms with E-state index in [9.17, 15) is 5.11 Å². The molecule has 2 nitrogen and oxygen atoms in total. The molecule has 0 spiro atoms. The van der Waals surface area contributed by atoms with Gasteiger partial charge in [0.1, 0.15) is 0 Å². The summed E-state index contributed by atoms with van der Waals surface area (Å²) in [6, 6.07) is 1.18. The number of aliphatic hydroxyl groups excluding tert-OH is 1. The Kier molecular flexibility index (Phi) is 2.89. The number of nitrogens with zero attached hydrogens (tertiary/aromatic N) is 1. The highest BCUT2D eigenvalue weighted by Gasteiger charge is 2.33. The first-order valence-electron chi connectivity index (χ1n) is 5.73. The lowest BCUT2D eigenvalue weighted by Crippen LogP contribution is -2.48. The highest BCUT2D eigenvalue weighted by molar-refractivity contribution is 4.89. The average molecular weight is 183 g/mol. The first kappa shape index (κ1) is 9.47. The van der Waals surface area contributed by atoms with Gasteiger partial charge in [0.2, 0.25) is 0 Å². The first-order valence-corrected chi connectivity index (χ1v) is 5.73. The number of piperidine rings is 1. The van der Waals surface area contributed by atoms with E-state index in [1.54, 1.807) is 0 Å². The smallest absolute Gasteiger partial charge is 0.0695 e. The predicted octanol–water partition coefficient (Wildman–Crippen LogP) is 1.77. The Balaban J connectivity index is 1.97. The maximum atomic E-state index is 9.82. The lowest BCUT2D eigenvalue weighted by molar-refractivity contribution is 0.0307. The van der Waals surface area contributed by atoms with Crippen molar-refractivity contribution in [1.82, 2.24) is 4.90 Å². The molecule has 2 heteroatoms. The normalized spacial score (nSPS) is 42.5. The topological polar surface area (TPSA) is 23.5 Å². The molecule has 1 saturated carbocycles. The molecular weight excluding hydrogens is 162 g/mol. The number of hydrogen-bond donors (Lipinski definition) is 1. The van der Waals surface area contributed by atoms with Gasteiger partial charge in [-0.25, -0.2) is 0 Å². The molecule has 0 aromatic carbocycles. The molecular formula is C11H21NO. The molecule has 3 atom stereocenters. The molecule has 0 aromatic rings. The van der Waals surface area contributed by atoms with E-state index in [4.69, 9.17) is 0 Å². The average Bonchev–Trinajstić information content (AvgIpc) is 2.52. The summed E-state index contributed by atoms with van der Waals surface area (Å²) in [5.41, 5.74) is 0. The maximum absolute atomic E-state index is 9.82. The van der Waals surface area contributed by atoms with Crippen molar-refractivity contribution in [3.8, 4) is 0 Å². The van der Waals surface area contributed by atoms with Crippen LogP contribution in [0.2, 0.25) is 0 Å². The van der Waals surface area contributed by atoms with Gasteiger partial charge in [-0.2, -0.15) is 0 Å². The molecule has 2 rings (SSSR count). The van der Waals surface area contributed by atoms with Crippen LogP contribution in [0.3, 0.4) is 0 Å². The van der Waals surface area contributed by atoms with Gasteiger partial charge in [0.15, 0.2) is 0 Å². The van der Waals surface area contributed by atoms with Crippen LogP contribution in [0.15, 0.2) is 0 Å². The van der Waals surface area contributed by atoms with Gasteiger partial charge in [-0.1, -0.05) is 6.42 Å². The van der Waals surface area contributed by atoms with Gasteiger partial charge >= 0.3 is 0 Å². The van der Waals surface area contributed by atoms with Crippen molar-refractivity contribution >= 4 is 0 Å². The van der Waals surface area contributed by atoms with Crippen molar-refractivity contribution in [2.75, 3.05) is 6.54 Å². The molecule has 0 radical (unpaired) electrons. The Labute approximate surface area is 80.9 Å². The van der Waals surface area contributed by atoms with Crippen LogP contribution in [0.5, 0.6) is 0 Å². The molecule has 1 heterocycles.